The third kappa shape index (κ3) is 5.05. The maximum Gasteiger partial charge on any atom is 0.257 e. The maximum atomic E-state index is 12.9. The summed E-state index contributed by atoms with van der Waals surface area (Å²) in [5.41, 5.74) is 7.59. The summed E-state index contributed by atoms with van der Waals surface area (Å²) < 4.78 is 5.29. The van der Waals surface area contributed by atoms with Gasteiger partial charge in [0.1, 0.15) is 5.75 Å². The van der Waals surface area contributed by atoms with Gasteiger partial charge in [-0.05, 0) is 18.2 Å². The zero-order chi connectivity index (χ0) is 18.0. The minimum Gasteiger partial charge on any atom is -0.496 e. The summed E-state index contributed by atoms with van der Waals surface area (Å²) in [6.45, 7) is 2.60. The Morgan fingerprint density at radius 1 is 1.04 bits per heavy atom. The maximum absolute atomic E-state index is 12.9. The van der Waals surface area contributed by atoms with Crippen LogP contribution in [-0.4, -0.2) is 44.1 Å². The lowest BCUT2D eigenvalue weighted by atomic mass is 10.1. The minimum atomic E-state index is -0.113. The second kappa shape index (κ2) is 10.1. The van der Waals surface area contributed by atoms with Crippen LogP contribution in [0.2, 0.25) is 10.0 Å². The molecule has 1 amide bonds. The first-order valence-electron chi connectivity index (χ1n) is 7.93. The van der Waals surface area contributed by atoms with Gasteiger partial charge in [-0.2, -0.15) is 0 Å². The van der Waals surface area contributed by atoms with Crippen LogP contribution >= 0.6 is 48.0 Å². The summed E-state index contributed by atoms with van der Waals surface area (Å²) in [6, 6.07) is 10.9. The van der Waals surface area contributed by atoms with Crippen molar-refractivity contribution < 1.29 is 9.53 Å². The molecule has 1 aliphatic rings. The van der Waals surface area contributed by atoms with Crippen LogP contribution in [0.4, 0.5) is 11.4 Å². The van der Waals surface area contributed by atoms with Gasteiger partial charge in [-0.3, -0.25) is 4.79 Å². The van der Waals surface area contributed by atoms with E-state index in [2.05, 4.69) is 4.90 Å². The third-order valence-corrected chi connectivity index (χ3v) is 4.96. The number of rotatable bonds is 3. The van der Waals surface area contributed by atoms with Gasteiger partial charge in [0.2, 0.25) is 0 Å². The van der Waals surface area contributed by atoms with E-state index in [9.17, 15) is 4.79 Å². The largest absolute Gasteiger partial charge is 0.496 e. The molecule has 0 spiro atoms. The number of ether oxygens (including phenoxy) is 1. The molecular weight excluding hydrogens is 432 g/mol. The van der Waals surface area contributed by atoms with Crippen molar-refractivity contribution >= 4 is 65.3 Å². The summed E-state index contributed by atoms with van der Waals surface area (Å²) in [5, 5.41) is 1.06. The van der Waals surface area contributed by atoms with E-state index < -0.39 is 0 Å². The number of amides is 1. The second-order valence-electron chi connectivity index (χ2n) is 5.80. The molecule has 0 saturated carbocycles. The number of hydrogen-bond acceptors (Lipinski definition) is 4. The molecule has 5 nitrogen and oxygen atoms in total. The normalized spacial score (nSPS) is 13.4. The molecule has 0 atom stereocenters. The fraction of sp³-hybridized carbons (Fsp3) is 0.278. The summed E-state index contributed by atoms with van der Waals surface area (Å²) in [5.74, 6) is 0.318. The van der Waals surface area contributed by atoms with E-state index in [1.165, 1.54) is 7.11 Å². The molecule has 0 aliphatic carbocycles. The van der Waals surface area contributed by atoms with Crippen LogP contribution in [0, 0.1) is 0 Å². The highest BCUT2D eigenvalue weighted by Gasteiger charge is 2.25. The van der Waals surface area contributed by atoms with Crippen LogP contribution in [0.15, 0.2) is 36.4 Å². The Hall–Kier alpha value is -1.53. The summed E-state index contributed by atoms with van der Waals surface area (Å²) >= 11 is 12.3. The number of anilines is 2. The summed E-state index contributed by atoms with van der Waals surface area (Å²) in [4.78, 5) is 16.8. The molecule has 1 heterocycles. The lowest BCUT2D eigenvalue weighted by molar-refractivity contribution is 0.0743. The van der Waals surface area contributed by atoms with Gasteiger partial charge in [0.25, 0.3) is 5.91 Å². The third-order valence-electron chi connectivity index (χ3n) is 4.31. The minimum absolute atomic E-state index is 0. The number of halogens is 4. The van der Waals surface area contributed by atoms with Gasteiger partial charge < -0.3 is 20.3 Å². The predicted molar refractivity (Wildman–Crippen MR) is 116 cm³/mol. The van der Waals surface area contributed by atoms with Crippen LogP contribution in [-0.2, 0) is 0 Å². The molecule has 3 rings (SSSR count). The van der Waals surface area contributed by atoms with E-state index in [1.807, 2.05) is 24.3 Å². The zero-order valence-electron chi connectivity index (χ0n) is 14.7. The Balaban J connectivity index is 0.00000182. The van der Waals surface area contributed by atoms with Crippen molar-refractivity contribution in [3.8, 4) is 5.75 Å². The first-order chi connectivity index (χ1) is 12.0. The molecule has 1 fully saturated rings. The average Bonchev–Trinajstić information content (AvgIpc) is 2.63. The molecule has 0 unspecified atom stereocenters. The van der Waals surface area contributed by atoms with Crippen molar-refractivity contribution in [3.63, 3.8) is 0 Å². The highest BCUT2D eigenvalue weighted by molar-refractivity contribution is 6.33. The van der Waals surface area contributed by atoms with Crippen LogP contribution in [0.1, 0.15) is 10.4 Å². The van der Waals surface area contributed by atoms with Crippen molar-refractivity contribution in [2.45, 2.75) is 0 Å². The first kappa shape index (κ1) is 23.5. The van der Waals surface area contributed by atoms with E-state index in [4.69, 9.17) is 33.7 Å². The van der Waals surface area contributed by atoms with Crippen molar-refractivity contribution in [1.29, 1.82) is 0 Å². The molecule has 148 valence electrons. The van der Waals surface area contributed by atoms with Gasteiger partial charge in [0.15, 0.2) is 0 Å². The summed E-state index contributed by atoms with van der Waals surface area (Å²) in [6.07, 6.45) is 0. The van der Waals surface area contributed by atoms with Gasteiger partial charge in [0.05, 0.1) is 34.1 Å². The molecule has 27 heavy (non-hydrogen) atoms. The standard InChI is InChI=1S/C18H19Cl2N3O2.2ClH/c1-25-17-11-15(21)14(20)10-12(17)18(24)23-8-6-22(7-9-23)16-5-3-2-4-13(16)19;;/h2-5,10-11H,6-9,21H2,1H3;2*1H. The Morgan fingerprint density at radius 2 is 1.67 bits per heavy atom. The number of nitrogen functional groups attached to an aromatic ring is 1. The van der Waals surface area contributed by atoms with E-state index in [0.717, 1.165) is 5.69 Å². The van der Waals surface area contributed by atoms with E-state index in [-0.39, 0.29) is 30.7 Å². The van der Waals surface area contributed by atoms with Crippen molar-refractivity contribution in [2.75, 3.05) is 43.9 Å². The average molecular weight is 453 g/mol. The molecule has 2 aromatic carbocycles. The number of methoxy groups -OCH3 is 1. The fourth-order valence-corrected chi connectivity index (χ4v) is 3.35. The molecule has 9 heteroatoms. The van der Waals surface area contributed by atoms with E-state index in [0.29, 0.717) is 53.2 Å². The van der Waals surface area contributed by atoms with Crippen molar-refractivity contribution in [3.05, 3.63) is 52.0 Å². The van der Waals surface area contributed by atoms with Gasteiger partial charge in [-0.25, -0.2) is 0 Å². The highest BCUT2D eigenvalue weighted by atomic mass is 35.5. The molecule has 2 N–H and O–H groups in total. The Kier molecular flexibility index (Phi) is 8.82. The van der Waals surface area contributed by atoms with Gasteiger partial charge in [-0.15, -0.1) is 24.8 Å². The molecule has 0 radical (unpaired) electrons. The Morgan fingerprint density at radius 3 is 2.26 bits per heavy atom. The molecule has 0 bridgehead atoms. The lowest BCUT2D eigenvalue weighted by Gasteiger charge is -2.36. The molecule has 0 aromatic heterocycles. The number of nitrogens with zero attached hydrogens (tertiary/aromatic N) is 2. The van der Waals surface area contributed by atoms with E-state index >= 15 is 0 Å². The molecule has 1 aliphatic heterocycles. The number of nitrogens with two attached hydrogens (primary N) is 1. The molecule has 2 aromatic rings. The first-order valence-corrected chi connectivity index (χ1v) is 8.68. The van der Waals surface area contributed by atoms with Gasteiger partial charge in [-0.1, -0.05) is 35.3 Å². The Labute approximate surface area is 181 Å². The lowest BCUT2D eigenvalue weighted by Crippen LogP contribution is -2.49. The van der Waals surface area contributed by atoms with Crippen LogP contribution in [0.25, 0.3) is 0 Å². The number of piperazine rings is 1. The van der Waals surface area contributed by atoms with Gasteiger partial charge in [0, 0.05) is 32.2 Å². The number of para-hydroxylation sites is 1. The number of hydrogen-bond donors (Lipinski definition) is 1. The number of carbonyl (C=O) groups excluding carboxylic acids is 1. The number of carbonyl (C=O) groups is 1. The monoisotopic (exact) mass is 451 g/mol. The zero-order valence-corrected chi connectivity index (χ0v) is 17.8. The highest BCUT2D eigenvalue weighted by Crippen LogP contribution is 2.31. The number of benzene rings is 2. The predicted octanol–water partition coefficient (Wildman–Crippen LogP) is 4.39. The van der Waals surface area contributed by atoms with Crippen molar-refractivity contribution in [1.82, 2.24) is 4.90 Å². The molecule has 1 saturated heterocycles. The fourth-order valence-electron chi connectivity index (χ4n) is 2.93. The van der Waals surface area contributed by atoms with Crippen LogP contribution < -0.4 is 15.4 Å². The Bertz CT molecular complexity index is 796. The topological polar surface area (TPSA) is 58.8 Å². The van der Waals surface area contributed by atoms with Crippen LogP contribution in [0.3, 0.4) is 0 Å². The SMILES string of the molecule is COc1cc(N)c(Cl)cc1C(=O)N1CCN(c2ccccc2Cl)CC1.Cl.Cl. The van der Waals surface area contributed by atoms with Crippen LogP contribution in [0.5, 0.6) is 5.75 Å². The van der Waals surface area contributed by atoms with Crippen molar-refractivity contribution in [2.24, 2.45) is 0 Å². The quantitative estimate of drug-likeness (QED) is 0.701. The molecular formula is C18H21Cl4N3O2. The smallest absolute Gasteiger partial charge is 0.257 e. The second-order valence-corrected chi connectivity index (χ2v) is 6.62. The van der Waals surface area contributed by atoms with Gasteiger partial charge >= 0.3 is 0 Å². The summed E-state index contributed by atoms with van der Waals surface area (Å²) in [7, 11) is 1.51. The van der Waals surface area contributed by atoms with E-state index in [1.54, 1.807) is 17.0 Å².